The van der Waals surface area contributed by atoms with Crippen LogP contribution in [0.4, 0.5) is 4.39 Å². The van der Waals surface area contributed by atoms with Gasteiger partial charge in [-0.05, 0) is 36.2 Å². The van der Waals surface area contributed by atoms with Crippen LogP contribution in [0.5, 0.6) is 0 Å². The van der Waals surface area contributed by atoms with Crippen molar-refractivity contribution in [3.05, 3.63) is 59.4 Å². The lowest BCUT2D eigenvalue weighted by Gasteiger charge is -2.06. The minimum atomic E-state index is -0.248. The molecule has 16 heavy (non-hydrogen) atoms. The average Bonchev–Trinajstić information content (AvgIpc) is 2.29. The third-order valence-electron chi connectivity index (χ3n) is 2.47. The zero-order chi connectivity index (χ0) is 11.5. The Morgan fingerprint density at radius 3 is 2.62 bits per heavy atom. The largest absolute Gasteiger partial charge is 0.207 e. The molecule has 0 atom stereocenters. The Morgan fingerprint density at radius 1 is 1.12 bits per heavy atom. The highest BCUT2D eigenvalue weighted by molar-refractivity contribution is 5.71. The van der Waals surface area contributed by atoms with Crippen LogP contribution in [0.2, 0.25) is 0 Å². The molecule has 0 saturated heterocycles. The van der Waals surface area contributed by atoms with Gasteiger partial charge in [-0.1, -0.05) is 35.7 Å². The molecular formula is C15H11F. The van der Waals surface area contributed by atoms with Crippen molar-refractivity contribution in [1.82, 2.24) is 0 Å². The van der Waals surface area contributed by atoms with Crippen LogP contribution in [0.1, 0.15) is 11.1 Å². The first kappa shape index (κ1) is 10.4. The molecule has 0 aliphatic heterocycles. The van der Waals surface area contributed by atoms with Crippen LogP contribution in [0.15, 0.2) is 42.5 Å². The molecule has 0 heterocycles. The van der Waals surface area contributed by atoms with E-state index in [1.807, 2.05) is 31.2 Å². The zero-order valence-electron chi connectivity index (χ0n) is 9.00. The van der Waals surface area contributed by atoms with Gasteiger partial charge in [0.2, 0.25) is 0 Å². The van der Waals surface area contributed by atoms with Gasteiger partial charge >= 0.3 is 0 Å². The lowest BCUT2D eigenvalue weighted by atomic mass is 9.98. The molecule has 0 spiro atoms. The van der Waals surface area contributed by atoms with Gasteiger partial charge < -0.3 is 0 Å². The predicted molar refractivity (Wildman–Crippen MR) is 64.5 cm³/mol. The fourth-order valence-corrected chi connectivity index (χ4v) is 1.68. The van der Waals surface area contributed by atoms with Crippen molar-refractivity contribution in [2.75, 3.05) is 0 Å². The normalized spacial score (nSPS) is 9.81. The van der Waals surface area contributed by atoms with E-state index in [9.17, 15) is 4.39 Å². The lowest BCUT2D eigenvalue weighted by Crippen LogP contribution is -1.86. The summed E-state index contributed by atoms with van der Waals surface area (Å²) in [6, 6.07) is 12.3. The van der Waals surface area contributed by atoms with E-state index in [-0.39, 0.29) is 5.82 Å². The molecule has 0 saturated carbocycles. The molecule has 0 unspecified atom stereocenters. The maximum atomic E-state index is 13.1. The minimum Gasteiger partial charge on any atom is -0.207 e. The van der Waals surface area contributed by atoms with Gasteiger partial charge in [-0.3, -0.25) is 0 Å². The predicted octanol–water partition coefficient (Wildman–Crippen LogP) is 3.78. The van der Waals surface area contributed by atoms with Crippen molar-refractivity contribution in [1.29, 1.82) is 0 Å². The van der Waals surface area contributed by atoms with Gasteiger partial charge in [0.25, 0.3) is 0 Å². The van der Waals surface area contributed by atoms with Crippen molar-refractivity contribution in [3.8, 4) is 23.5 Å². The summed E-state index contributed by atoms with van der Waals surface area (Å²) in [5.74, 6) is 2.37. The van der Waals surface area contributed by atoms with Crippen LogP contribution in [0.3, 0.4) is 0 Å². The molecule has 0 aromatic heterocycles. The van der Waals surface area contributed by atoms with Crippen LogP contribution >= 0.6 is 0 Å². The fraction of sp³-hybridized carbons (Fsp3) is 0.0667. The average molecular weight is 210 g/mol. The molecule has 0 fully saturated rings. The summed E-state index contributed by atoms with van der Waals surface area (Å²) < 4.78 is 13.1. The summed E-state index contributed by atoms with van der Waals surface area (Å²) in [4.78, 5) is 0. The van der Waals surface area contributed by atoms with Crippen LogP contribution in [0, 0.1) is 25.1 Å². The number of hydrogen-bond acceptors (Lipinski definition) is 0. The molecule has 1 heteroatoms. The van der Waals surface area contributed by atoms with Crippen LogP contribution in [-0.4, -0.2) is 0 Å². The third kappa shape index (κ3) is 1.97. The Labute approximate surface area is 94.7 Å². The van der Waals surface area contributed by atoms with Crippen molar-refractivity contribution < 1.29 is 4.39 Å². The molecule has 0 nitrogen and oxygen atoms in total. The highest BCUT2D eigenvalue weighted by Crippen LogP contribution is 2.24. The first-order valence-electron chi connectivity index (χ1n) is 5.04. The molecule has 78 valence electrons. The Bertz CT molecular complexity index is 562. The van der Waals surface area contributed by atoms with Crippen LogP contribution in [-0.2, 0) is 0 Å². The van der Waals surface area contributed by atoms with Gasteiger partial charge in [0, 0.05) is 5.56 Å². The summed E-state index contributed by atoms with van der Waals surface area (Å²) in [6.07, 6.45) is 5.43. The molecule has 0 N–H and O–H groups in total. The molecule has 2 aromatic carbocycles. The van der Waals surface area contributed by atoms with E-state index in [0.29, 0.717) is 0 Å². The molecule has 0 aliphatic carbocycles. The van der Waals surface area contributed by atoms with Gasteiger partial charge in [0.05, 0.1) is 0 Å². The second-order valence-corrected chi connectivity index (χ2v) is 3.70. The van der Waals surface area contributed by atoms with E-state index in [2.05, 4.69) is 5.92 Å². The Morgan fingerprint density at radius 2 is 1.94 bits per heavy atom. The molecule has 2 aromatic rings. The fourth-order valence-electron chi connectivity index (χ4n) is 1.68. The topological polar surface area (TPSA) is 0 Å². The molecule has 0 amide bonds. The first-order chi connectivity index (χ1) is 7.70. The number of rotatable bonds is 1. The van der Waals surface area contributed by atoms with Gasteiger partial charge in [-0.15, -0.1) is 6.42 Å². The number of terminal acetylenes is 1. The van der Waals surface area contributed by atoms with E-state index in [0.717, 1.165) is 22.3 Å². The third-order valence-corrected chi connectivity index (χ3v) is 2.47. The summed E-state index contributed by atoms with van der Waals surface area (Å²) in [5.41, 5.74) is 3.62. The van der Waals surface area contributed by atoms with E-state index < -0.39 is 0 Å². The smallest absolute Gasteiger partial charge is 0.123 e. The standard InChI is InChI=1S/C15H11F/c1-3-12-8-7-11(2)9-15(12)13-5-4-6-14(16)10-13/h1,4-10H,2H3. The second kappa shape index (κ2) is 4.20. The van der Waals surface area contributed by atoms with Crippen LogP contribution in [0.25, 0.3) is 11.1 Å². The van der Waals surface area contributed by atoms with Crippen molar-refractivity contribution in [2.45, 2.75) is 6.92 Å². The summed E-state index contributed by atoms with van der Waals surface area (Å²) in [6.45, 7) is 1.99. The van der Waals surface area contributed by atoms with Crippen molar-refractivity contribution in [3.63, 3.8) is 0 Å². The molecular weight excluding hydrogens is 199 g/mol. The lowest BCUT2D eigenvalue weighted by molar-refractivity contribution is 0.628. The van der Waals surface area contributed by atoms with E-state index >= 15 is 0 Å². The summed E-state index contributed by atoms with van der Waals surface area (Å²) in [5, 5.41) is 0. The monoisotopic (exact) mass is 210 g/mol. The number of benzene rings is 2. The quantitative estimate of drug-likeness (QED) is 0.628. The summed E-state index contributed by atoms with van der Waals surface area (Å²) >= 11 is 0. The highest BCUT2D eigenvalue weighted by atomic mass is 19.1. The van der Waals surface area contributed by atoms with Gasteiger partial charge in [-0.25, -0.2) is 4.39 Å². The first-order valence-corrected chi connectivity index (χ1v) is 5.04. The summed E-state index contributed by atoms with van der Waals surface area (Å²) in [7, 11) is 0. The molecule has 0 bridgehead atoms. The second-order valence-electron chi connectivity index (χ2n) is 3.70. The maximum absolute atomic E-state index is 13.1. The number of halogens is 1. The van der Waals surface area contributed by atoms with Crippen molar-refractivity contribution >= 4 is 0 Å². The maximum Gasteiger partial charge on any atom is 0.123 e. The Balaban J connectivity index is 2.64. The van der Waals surface area contributed by atoms with Gasteiger partial charge in [-0.2, -0.15) is 0 Å². The minimum absolute atomic E-state index is 0.248. The van der Waals surface area contributed by atoms with E-state index in [4.69, 9.17) is 6.42 Å². The zero-order valence-corrected chi connectivity index (χ0v) is 9.00. The van der Waals surface area contributed by atoms with E-state index in [1.165, 1.54) is 12.1 Å². The Kier molecular flexibility index (Phi) is 2.74. The van der Waals surface area contributed by atoms with Crippen LogP contribution < -0.4 is 0 Å². The number of hydrogen-bond donors (Lipinski definition) is 0. The highest BCUT2D eigenvalue weighted by Gasteiger charge is 2.04. The van der Waals surface area contributed by atoms with Crippen molar-refractivity contribution in [2.24, 2.45) is 0 Å². The molecule has 2 rings (SSSR count). The molecule has 0 aliphatic rings. The Hall–Kier alpha value is -2.07. The SMILES string of the molecule is C#Cc1ccc(C)cc1-c1cccc(F)c1. The number of aryl methyl sites for hydroxylation is 1. The van der Waals surface area contributed by atoms with Gasteiger partial charge in [0.1, 0.15) is 5.82 Å². The van der Waals surface area contributed by atoms with E-state index in [1.54, 1.807) is 6.07 Å². The van der Waals surface area contributed by atoms with Gasteiger partial charge in [0.15, 0.2) is 0 Å². The molecule has 0 radical (unpaired) electrons.